The Labute approximate surface area is 261 Å². The van der Waals surface area contributed by atoms with Crippen molar-refractivity contribution in [1.82, 2.24) is 4.90 Å². The highest BCUT2D eigenvalue weighted by atomic mass is 35.5. The van der Waals surface area contributed by atoms with Crippen molar-refractivity contribution >= 4 is 40.9 Å². The Morgan fingerprint density at radius 2 is 1.61 bits per heavy atom. The number of fused-ring (bicyclic) bond motifs is 4. The molecule has 4 amide bonds. The van der Waals surface area contributed by atoms with E-state index in [1.54, 1.807) is 13.8 Å². The molecule has 1 N–H and O–H groups in total. The largest absolute Gasteiger partial charge is 0.507 e. The third-order valence-corrected chi connectivity index (χ3v) is 11.5. The Morgan fingerprint density at radius 1 is 0.932 bits per heavy atom. The van der Waals surface area contributed by atoms with Crippen molar-refractivity contribution in [1.29, 1.82) is 0 Å². The van der Waals surface area contributed by atoms with Gasteiger partial charge in [0.05, 0.1) is 33.9 Å². The fourth-order valence-electron chi connectivity index (χ4n) is 9.15. The predicted octanol–water partition coefficient (Wildman–Crippen LogP) is 6.36. The number of nitrogens with zero attached hydrogens (tertiary/aromatic N) is 2. The molecule has 3 aliphatic carbocycles. The van der Waals surface area contributed by atoms with Crippen molar-refractivity contribution in [2.24, 2.45) is 29.1 Å². The summed E-state index contributed by atoms with van der Waals surface area (Å²) in [5.74, 6) is -4.41. The molecule has 7 rings (SSSR count). The van der Waals surface area contributed by atoms with Gasteiger partial charge in [-0.2, -0.15) is 0 Å². The first-order valence-electron chi connectivity index (χ1n) is 15.7. The highest BCUT2D eigenvalue weighted by molar-refractivity contribution is 6.31. The van der Waals surface area contributed by atoms with E-state index in [-0.39, 0.29) is 40.7 Å². The second kappa shape index (κ2) is 10.3. The number of hydrogen-bond donors (Lipinski definition) is 1. The fourth-order valence-corrected chi connectivity index (χ4v) is 9.32. The zero-order valence-electron chi connectivity index (χ0n) is 25.1. The van der Waals surface area contributed by atoms with E-state index in [0.717, 1.165) is 54.2 Å². The number of imide groups is 2. The number of carbonyl (C=O) groups excluding carboxylic acids is 4. The van der Waals surface area contributed by atoms with Crippen LogP contribution in [0.4, 0.5) is 10.1 Å². The number of amides is 4. The smallest absolute Gasteiger partial charge is 0.241 e. The first-order valence-corrected chi connectivity index (χ1v) is 16.0. The van der Waals surface area contributed by atoms with Gasteiger partial charge in [0.25, 0.3) is 0 Å². The first kappa shape index (κ1) is 29.2. The molecule has 2 aromatic carbocycles. The number of hydrogen-bond acceptors (Lipinski definition) is 5. The van der Waals surface area contributed by atoms with Gasteiger partial charge in [-0.3, -0.25) is 24.1 Å². The van der Waals surface area contributed by atoms with Crippen molar-refractivity contribution in [3.05, 3.63) is 69.5 Å². The molecule has 0 unspecified atom stereocenters. The molecule has 230 valence electrons. The highest BCUT2D eigenvalue weighted by Crippen LogP contribution is 2.64. The third kappa shape index (κ3) is 3.98. The van der Waals surface area contributed by atoms with Crippen LogP contribution in [0.2, 0.25) is 5.02 Å². The Balaban J connectivity index is 1.37. The molecule has 5 aliphatic rings. The lowest BCUT2D eigenvalue weighted by molar-refractivity contribution is -0.144. The van der Waals surface area contributed by atoms with Crippen LogP contribution in [0.25, 0.3) is 0 Å². The Kier molecular flexibility index (Phi) is 6.81. The maximum Gasteiger partial charge on any atom is 0.241 e. The summed E-state index contributed by atoms with van der Waals surface area (Å²) in [6.45, 7) is 5.41. The Hall–Kier alpha value is -3.52. The standard InChI is InChI=1S/C35H36ClFN2O5/c1-17-13-19(14-18(2)30(17)40)29-22-10-11-23-28(33(43)38(31(23)41)20-7-5-4-6-8-20)24(22)16-25-32(42)39(34(44)35(25,29)3)21-9-12-27(37)26(36)15-21/h9-10,12-15,20,23-25,28-29,40H,4-8,11,16H2,1-3H3/t23-,24+,25-,28-,29-,35+/m0/s1. The summed E-state index contributed by atoms with van der Waals surface area (Å²) in [6, 6.07) is 7.44. The lowest BCUT2D eigenvalue weighted by atomic mass is 9.51. The number of carbonyl (C=O) groups is 4. The van der Waals surface area contributed by atoms with Gasteiger partial charge in [0.15, 0.2) is 0 Å². The van der Waals surface area contributed by atoms with Crippen molar-refractivity contribution < 1.29 is 28.7 Å². The second-order valence-electron chi connectivity index (χ2n) is 13.6. The van der Waals surface area contributed by atoms with Crippen molar-refractivity contribution in [2.75, 3.05) is 4.90 Å². The number of rotatable bonds is 3. The summed E-state index contributed by atoms with van der Waals surface area (Å²) < 4.78 is 14.1. The van der Waals surface area contributed by atoms with Crippen molar-refractivity contribution in [3.8, 4) is 5.75 Å². The number of aryl methyl sites for hydroxylation is 2. The zero-order valence-corrected chi connectivity index (χ0v) is 25.9. The maximum atomic E-state index is 14.5. The average molecular weight is 619 g/mol. The average Bonchev–Trinajstić information content (AvgIpc) is 3.37. The van der Waals surface area contributed by atoms with Crippen molar-refractivity contribution in [2.45, 2.75) is 77.7 Å². The topological polar surface area (TPSA) is 95.0 Å². The van der Waals surface area contributed by atoms with Crippen LogP contribution in [0.5, 0.6) is 5.75 Å². The van der Waals surface area contributed by atoms with Gasteiger partial charge < -0.3 is 5.11 Å². The monoisotopic (exact) mass is 618 g/mol. The molecule has 9 heteroatoms. The van der Waals surface area contributed by atoms with Crippen molar-refractivity contribution in [3.63, 3.8) is 0 Å². The van der Waals surface area contributed by atoms with Gasteiger partial charge in [-0.05, 0) is 87.3 Å². The molecule has 7 nitrogen and oxygen atoms in total. The van der Waals surface area contributed by atoms with Crippen LogP contribution in [0.15, 0.2) is 42.0 Å². The normalized spacial score (nSPS) is 32.1. The van der Waals surface area contributed by atoms with E-state index in [1.807, 2.05) is 25.1 Å². The van der Waals surface area contributed by atoms with E-state index in [4.69, 9.17) is 11.6 Å². The Bertz CT molecular complexity index is 1640. The fraction of sp³-hybridized carbons (Fsp3) is 0.486. The van der Waals surface area contributed by atoms with Crippen LogP contribution in [-0.4, -0.2) is 39.7 Å². The summed E-state index contributed by atoms with van der Waals surface area (Å²) in [4.78, 5) is 59.5. The predicted molar refractivity (Wildman–Crippen MR) is 162 cm³/mol. The van der Waals surface area contributed by atoms with Gasteiger partial charge in [0, 0.05) is 12.0 Å². The lowest BCUT2D eigenvalue weighted by Gasteiger charge is -2.49. The van der Waals surface area contributed by atoms with Gasteiger partial charge in [-0.15, -0.1) is 0 Å². The number of aromatic hydroxyl groups is 1. The number of benzene rings is 2. The van der Waals surface area contributed by atoms with E-state index in [0.29, 0.717) is 17.5 Å². The van der Waals surface area contributed by atoms with E-state index in [2.05, 4.69) is 0 Å². The van der Waals surface area contributed by atoms with Crippen LogP contribution in [-0.2, 0) is 19.2 Å². The van der Waals surface area contributed by atoms with Crippen LogP contribution in [0, 0.1) is 48.8 Å². The molecule has 44 heavy (non-hydrogen) atoms. The molecule has 2 heterocycles. The second-order valence-corrected chi connectivity index (χ2v) is 14.0. The van der Waals surface area contributed by atoms with E-state index in [9.17, 15) is 28.7 Å². The zero-order chi connectivity index (χ0) is 31.2. The Morgan fingerprint density at radius 3 is 2.27 bits per heavy atom. The molecular formula is C35H36ClFN2O5. The molecule has 0 radical (unpaired) electrons. The van der Waals surface area contributed by atoms with Gasteiger partial charge in [-0.25, -0.2) is 9.29 Å². The summed E-state index contributed by atoms with van der Waals surface area (Å²) in [5.41, 5.74) is 1.95. The van der Waals surface area contributed by atoms with Crippen LogP contribution in [0.3, 0.4) is 0 Å². The summed E-state index contributed by atoms with van der Waals surface area (Å²) >= 11 is 6.09. The SMILES string of the molecule is Cc1cc([C@H]2C3=CC[C@@H]4C(=O)N(C5CCCCC5)C(=O)[C@@H]4[C@@H]3C[C@H]3C(=O)N(c4ccc(F)c(Cl)c4)C(=O)[C@@]23C)cc(C)c1O. The molecule has 2 aromatic rings. The van der Waals surface area contributed by atoms with Crippen LogP contribution >= 0.6 is 11.6 Å². The molecule has 0 aromatic heterocycles. The molecule has 2 aliphatic heterocycles. The van der Waals surface area contributed by atoms with Crippen LogP contribution in [0.1, 0.15) is 74.5 Å². The molecule has 6 atom stereocenters. The number of phenolic OH excluding ortho intramolecular Hbond substituents is 1. The minimum Gasteiger partial charge on any atom is -0.507 e. The minimum absolute atomic E-state index is 0.0849. The number of likely N-dealkylation sites (tertiary alicyclic amines) is 1. The molecule has 2 saturated heterocycles. The third-order valence-electron chi connectivity index (χ3n) is 11.3. The molecular weight excluding hydrogens is 583 g/mol. The molecule has 4 fully saturated rings. The highest BCUT2D eigenvalue weighted by Gasteiger charge is 2.67. The van der Waals surface area contributed by atoms with Crippen LogP contribution < -0.4 is 4.90 Å². The summed E-state index contributed by atoms with van der Waals surface area (Å²) in [5, 5.41) is 10.4. The maximum absolute atomic E-state index is 14.5. The van der Waals surface area contributed by atoms with E-state index < -0.39 is 52.6 Å². The van der Waals surface area contributed by atoms with E-state index >= 15 is 0 Å². The summed E-state index contributed by atoms with van der Waals surface area (Å²) in [7, 11) is 0. The summed E-state index contributed by atoms with van der Waals surface area (Å²) in [6.07, 6.45) is 7.42. The number of halogens is 2. The van der Waals surface area contributed by atoms with E-state index in [1.165, 1.54) is 17.0 Å². The van der Waals surface area contributed by atoms with Gasteiger partial charge in [0.1, 0.15) is 11.6 Å². The number of anilines is 1. The molecule has 0 spiro atoms. The van der Waals surface area contributed by atoms with Gasteiger partial charge >= 0.3 is 0 Å². The minimum atomic E-state index is -1.22. The number of phenols is 1. The molecule has 0 bridgehead atoms. The lowest BCUT2D eigenvalue weighted by Crippen LogP contribution is -2.49. The number of allylic oxidation sites excluding steroid dienone is 2. The van der Waals surface area contributed by atoms with Gasteiger partial charge in [0.2, 0.25) is 23.6 Å². The first-order chi connectivity index (χ1) is 20.9. The quantitative estimate of drug-likeness (QED) is 0.319. The van der Waals surface area contributed by atoms with Gasteiger partial charge in [-0.1, -0.05) is 54.6 Å². The molecule has 2 saturated carbocycles.